The maximum Gasteiger partial charge on any atom is 0.320 e. The molecule has 4 N–H and O–H groups in total. The Labute approximate surface area is 166 Å². The number of carbonyl (C=O) groups excluding carboxylic acids is 2. The molecule has 1 saturated heterocycles. The Morgan fingerprint density at radius 2 is 1.96 bits per heavy atom. The minimum absolute atomic E-state index is 0.183. The number of rotatable bonds is 12. The van der Waals surface area contributed by atoms with Crippen LogP contribution in [0, 0.1) is 0 Å². The van der Waals surface area contributed by atoms with Gasteiger partial charge < -0.3 is 20.5 Å². The highest BCUT2D eigenvalue weighted by Gasteiger charge is 2.34. The molecule has 3 atom stereocenters. The number of aliphatic carboxylic acids is 1. The average Bonchev–Trinajstić information content (AvgIpc) is 3.18. The summed E-state index contributed by atoms with van der Waals surface area (Å²) in [6, 6.07) is 7.83. The molecule has 1 amide bonds. The third kappa shape index (κ3) is 6.42. The smallest absolute Gasteiger partial charge is 0.320 e. The van der Waals surface area contributed by atoms with Crippen molar-refractivity contribution >= 4 is 18.2 Å². The van der Waals surface area contributed by atoms with Crippen molar-refractivity contribution in [3.05, 3.63) is 35.9 Å². The van der Waals surface area contributed by atoms with Crippen LogP contribution in [0.3, 0.4) is 0 Å². The Hall–Kier alpha value is -2.25. The summed E-state index contributed by atoms with van der Waals surface area (Å²) in [5.41, 5.74) is 6.62. The summed E-state index contributed by atoms with van der Waals surface area (Å²) in [6.07, 6.45) is 5.27. The first-order chi connectivity index (χ1) is 13.6. The number of nitrogens with zero attached hydrogens (tertiary/aromatic N) is 1. The number of carboxylic acids is 1. The zero-order valence-electron chi connectivity index (χ0n) is 16.3. The zero-order chi connectivity index (χ0) is 20.4. The molecule has 0 bridgehead atoms. The van der Waals surface area contributed by atoms with E-state index in [2.05, 4.69) is 5.32 Å². The molecule has 0 unspecified atom stereocenters. The molecule has 1 aliphatic heterocycles. The number of nitrogens with two attached hydrogens (primary N) is 1. The van der Waals surface area contributed by atoms with Crippen LogP contribution in [-0.4, -0.2) is 59.4 Å². The second kappa shape index (κ2) is 11.6. The Morgan fingerprint density at radius 3 is 2.61 bits per heavy atom. The molecule has 1 aromatic carbocycles. The first kappa shape index (κ1) is 22.0. The van der Waals surface area contributed by atoms with Crippen LogP contribution in [0.4, 0.5) is 0 Å². The monoisotopic (exact) mass is 389 g/mol. The first-order valence-electron chi connectivity index (χ1n) is 10.1. The van der Waals surface area contributed by atoms with Crippen molar-refractivity contribution in [1.29, 1.82) is 0 Å². The van der Waals surface area contributed by atoms with Crippen LogP contribution in [-0.2, 0) is 20.8 Å². The topological polar surface area (TPSA) is 113 Å². The van der Waals surface area contributed by atoms with E-state index in [1.54, 1.807) is 4.90 Å². The quantitative estimate of drug-likeness (QED) is 0.367. The van der Waals surface area contributed by atoms with Gasteiger partial charge in [-0.1, -0.05) is 36.8 Å². The summed E-state index contributed by atoms with van der Waals surface area (Å²) in [6.45, 7) is 1.07. The molecular weight excluding hydrogens is 358 g/mol. The van der Waals surface area contributed by atoms with Gasteiger partial charge in [0.2, 0.25) is 5.91 Å². The van der Waals surface area contributed by atoms with Crippen LogP contribution in [0.1, 0.15) is 44.1 Å². The summed E-state index contributed by atoms with van der Waals surface area (Å²) in [5.74, 6) is -1.15. The van der Waals surface area contributed by atoms with E-state index in [1.807, 2.05) is 30.3 Å². The molecule has 0 aromatic heterocycles. The van der Waals surface area contributed by atoms with E-state index >= 15 is 0 Å². The van der Waals surface area contributed by atoms with E-state index in [0.29, 0.717) is 38.8 Å². The number of aryl methyl sites for hydroxylation is 1. The van der Waals surface area contributed by atoms with Gasteiger partial charge >= 0.3 is 5.97 Å². The second-order valence-electron chi connectivity index (χ2n) is 7.30. The van der Waals surface area contributed by atoms with E-state index < -0.39 is 24.1 Å². The Balaban J connectivity index is 2.05. The van der Waals surface area contributed by atoms with E-state index in [9.17, 15) is 19.5 Å². The van der Waals surface area contributed by atoms with Crippen LogP contribution in [0.2, 0.25) is 0 Å². The number of nitrogens with one attached hydrogen (secondary N) is 1. The van der Waals surface area contributed by atoms with Crippen molar-refractivity contribution in [2.45, 2.75) is 63.1 Å². The lowest BCUT2D eigenvalue weighted by molar-refractivity contribution is -0.141. The van der Waals surface area contributed by atoms with Gasteiger partial charge in [0, 0.05) is 6.54 Å². The number of hydrogen-bond donors (Lipinski definition) is 3. The standard InChI is InChI=1S/C21H31N3O4/c22-13-5-4-10-18(20(26)24-14-6-9-17(24)15-25)23-19(21(27)28)12-11-16-7-2-1-3-8-16/h1-3,7-8,15,17-19,23H,4-6,9-14,22H2,(H,27,28)/t17-,18-,19+/m0/s1. The zero-order valence-corrected chi connectivity index (χ0v) is 16.3. The number of unbranched alkanes of at least 4 members (excludes halogenated alkanes) is 1. The summed E-state index contributed by atoms with van der Waals surface area (Å²) < 4.78 is 0. The lowest BCUT2D eigenvalue weighted by Crippen LogP contribution is -2.53. The van der Waals surface area contributed by atoms with Gasteiger partial charge in [0.15, 0.2) is 0 Å². The highest BCUT2D eigenvalue weighted by atomic mass is 16.4. The lowest BCUT2D eigenvalue weighted by Gasteiger charge is -2.29. The van der Waals surface area contributed by atoms with Crippen LogP contribution >= 0.6 is 0 Å². The largest absolute Gasteiger partial charge is 0.480 e. The number of aldehydes is 1. The number of likely N-dealkylation sites (tertiary alicyclic amines) is 1. The minimum Gasteiger partial charge on any atom is -0.480 e. The predicted molar refractivity (Wildman–Crippen MR) is 107 cm³/mol. The van der Waals surface area contributed by atoms with E-state index in [0.717, 1.165) is 31.1 Å². The Bertz CT molecular complexity index is 638. The fraction of sp³-hybridized carbons (Fsp3) is 0.571. The number of benzene rings is 1. The molecule has 0 spiro atoms. The third-order valence-corrected chi connectivity index (χ3v) is 5.25. The second-order valence-corrected chi connectivity index (χ2v) is 7.30. The number of carbonyl (C=O) groups is 3. The highest BCUT2D eigenvalue weighted by molar-refractivity contribution is 5.86. The van der Waals surface area contributed by atoms with Gasteiger partial charge in [0.25, 0.3) is 0 Å². The molecule has 7 nitrogen and oxygen atoms in total. The SMILES string of the molecule is NCCCC[C@H](N[C@H](CCc1ccccc1)C(=O)O)C(=O)N1CCC[C@H]1C=O. The number of amides is 1. The van der Waals surface area contributed by atoms with Crippen LogP contribution < -0.4 is 11.1 Å². The van der Waals surface area contributed by atoms with Gasteiger partial charge in [-0.2, -0.15) is 0 Å². The van der Waals surface area contributed by atoms with E-state index in [-0.39, 0.29) is 5.91 Å². The normalized spacial score (nSPS) is 18.6. The maximum atomic E-state index is 13.0. The summed E-state index contributed by atoms with van der Waals surface area (Å²) in [4.78, 5) is 37.7. The van der Waals surface area contributed by atoms with Gasteiger partial charge in [0.05, 0.1) is 12.1 Å². The number of hydrogen-bond acceptors (Lipinski definition) is 5. The predicted octanol–water partition coefficient (Wildman–Crippen LogP) is 1.35. The molecule has 0 aliphatic carbocycles. The molecule has 2 rings (SSSR count). The van der Waals surface area contributed by atoms with E-state index in [1.165, 1.54) is 0 Å². The van der Waals surface area contributed by atoms with Crippen molar-refractivity contribution in [2.75, 3.05) is 13.1 Å². The van der Waals surface area contributed by atoms with Gasteiger partial charge in [0.1, 0.15) is 12.3 Å². The van der Waals surface area contributed by atoms with Gasteiger partial charge in [-0.3, -0.25) is 14.9 Å². The van der Waals surface area contributed by atoms with Crippen molar-refractivity contribution in [1.82, 2.24) is 10.2 Å². The maximum absolute atomic E-state index is 13.0. The summed E-state index contributed by atoms with van der Waals surface area (Å²) in [5, 5.41) is 12.7. The average molecular weight is 389 g/mol. The van der Waals surface area contributed by atoms with Crippen molar-refractivity contribution in [2.24, 2.45) is 5.73 Å². The number of carboxylic acid groups (broad SMARTS) is 1. The fourth-order valence-corrected chi connectivity index (χ4v) is 3.66. The molecule has 28 heavy (non-hydrogen) atoms. The molecule has 1 fully saturated rings. The van der Waals surface area contributed by atoms with Crippen LogP contribution in [0.15, 0.2) is 30.3 Å². The lowest BCUT2D eigenvalue weighted by atomic mass is 10.0. The molecule has 154 valence electrons. The molecule has 7 heteroatoms. The molecule has 0 saturated carbocycles. The summed E-state index contributed by atoms with van der Waals surface area (Å²) >= 11 is 0. The van der Waals surface area contributed by atoms with Crippen molar-refractivity contribution in [3.63, 3.8) is 0 Å². The Morgan fingerprint density at radius 1 is 1.21 bits per heavy atom. The molecule has 1 aromatic rings. The molecular formula is C21H31N3O4. The molecule has 1 aliphatic rings. The van der Waals surface area contributed by atoms with Gasteiger partial charge in [-0.15, -0.1) is 0 Å². The van der Waals surface area contributed by atoms with Gasteiger partial charge in [-0.05, 0) is 50.6 Å². The van der Waals surface area contributed by atoms with Crippen LogP contribution in [0.25, 0.3) is 0 Å². The summed E-state index contributed by atoms with van der Waals surface area (Å²) in [7, 11) is 0. The first-order valence-corrected chi connectivity index (χ1v) is 10.1. The third-order valence-electron chi connectivity index (χ3n) is 5.25. The van der Waals surface area contributed by atoms with Crippen molar-refractivity contribution in [3.8, 4) is 0 Å². The Kier molecular flexibility index (Phi) is 9.10. The minimum atomic E-state index is -0.971. The fourth-order valence-electron chi connectivity index (χ4n) is 3.66. The van der Waals surface area contributed by atoms with Gasteiger partial charge in [-0.25, -0.2) is 0 Å². The molecule has 1 heterocycles. The highest BCUT2D eigenvalue weighted by Crippen LogP contribution is 2.19. The molecule has 0 radical (unpaired) electrons. The van der Waals surface area contributed by atoms with E-state index in [4.69, 9.17) is 5.73 Å². The van der Waals surface area contributed by atoms with Crippen LogP contribution in [0.5, 0.6) is 0 Å². The van der Waals surface area contributed by atoms with Crippen molar-refractivity contribution < 1.29 is 19.5 Å².